The maximum Gasteiger partial charge on any atom is 0.227 e. The van der Waals surface area contributed by atoms with E-state index in [-0.39, 0.29) is 11.7 Å². The highest BCUT2D eigenvalue weighted by Crippen LogP contribution is 2.27. The molecule has 1 amide bonds. The normalized spacial score (nSPS) is 14.6. The summed E-state index contributed by atoms with van der Waals surface area (Å²) >= 11 is 0. The molecule has 1 saturated heterocycles. The summed E-state index contributed by atoms with van der Waals surface area (Å²) in [6.07, 6.45) is 1.42. The fourth-order valence-corrected chi connectivity index (χ4v) is 2.55. The molecule has 0 aromatic heterocycles. The molecule has 1 fully saturated rings. The number of benzene rings is 2. The lowest BCUT2D eigenvalue weighted by molar-refractivity contribution is -0.117. The van der Waals surface area contributed by atoms with Crippen molar-refractivity contribution in [3.05, 3.63) is 65.7 Å². The summed E-state index contributed by atoms with van der Waals surface area (Å²) in [4.78, 5) is 26.2. The summed E-state index contributed by atoms with van der Waals surface area (Å²) in [7, 11) is 0. The number of nitrogens with zero attached hydrogens (tertiary/aromatic N) is 1. The van der Waals surface area contributed by atoms with Crippen molar-refractivity contribution >= 4 is 17.4 Å². The highest BCUT2D eigenvalue weighted by Gasteiger charge is 2.25. The lowest BCUT2D eigenvalue weighted by Crippen LogP contribution is -2.25. The maximum atomic E-state index is 12.6. The van der Waals surface area contributed by atoms with Crippen molar-refractivity contribution < 1.29 is 9.59 Å². The van der Waals surface area contributed by atoms with E-state index in [1.165, 1.54) is 0 Å². The van der Waals surface area contributed by atoms with Crippen LogP contribution in [0.5, 0.6) is 0 Å². The summed E-state index contributed by atoms with van der Waals surface area (Å²) in [5.41, 5.74) is 1.96. The monoisotopic (exact) mass is 265 g/mol. The lowest BCUT2D eigenvalue weighted by atomic mass is 10.0. The molecule has 20 heavy (non-hydrogen) atoms. The van der Waals surface area contributed by atoms with Crippen molar-refractivity contribution in [3.8, 4) is 0 Å². The Morgan fingerprint density at radius 2 is 1.65 bits per heavy atom. The number of amides is 1. The van der Waals surface area contributed by atoms with Gasteiger partial charge < -0.3 is 4.90 Å². The number of ketones is 1. The topological polar surface area (TPSA) is 37.4 Å². The average molecular weight is 265 g/mol. The predicted octanol–water partition coefficient (Wildman–Crippen LogP) is 3.04. The minimum atomic E-state index is -0.0408. The van der Waals surface area contributed by atoms with E-state index in [1.54, 1.807) is 23.1 Å². The van der Waals surface area contributed by atoms with Gasteiger partial charge in [-0.05, 0) is 18.6 Å². The molecule has 1 heterocycles. The molecule has 0 unspecified atom stereocenters. The van der Waals surface area contributed by atoms with Gasteiger partial charge in [0.1, 0.15) is 0 Å². The summed E-state index contributed by atoms with van der Waals surface area (Å²) in [6.45, 7) is 0.692. The molecule has 1 aliphatic heterocycles. The van der Waals surface area contributed by atoms with Crippen molar-refractivity contribution in [2.75, 3.05) is 11.4 Å². The molecule has 3 rings (SSSR count). The Labute approximate surface area is 117 Å². The third kappa shape index (κ3) is 2.23. The van der Waals surface area contributed by atoms with Gasteiger partial charge in [0.2, 0.25) is 5.91 Å². The van der Waals surface area contributed by atoms with Crippen molar-refractivity contribution in [2.24, 2.45) is 0 Å². The van der Waals surface area contributed by atoms with Gasteiger partial charge in [-0.3, -0.25) is 9.59 Å². The maximum absolute atomic E-state index is 12.6. The van der Waals surface area contributed by atoms with Gasteiger partial charge in [-0.25, -0.2) is 0 Å². The number of carbonyl (C=O) groups is 2. The number of anilines is 1. The standard InChI is InChI=1S/C17H15NO2/c19-16-11-6-12-18(16)15-10-5-4-9-14(15)17(20)13-7-2-1-3-8-13/h1-5,7-10H,6,11-12H2. The molecule has 0 aliphatic carbocycles. The first-order valence-electron chi connectivity index (χ1n) is 6.76. The van der Waals surface area contributed by atoms with E-state index in [0.717, 1.165) is 12.1 Å². The first kappa shape index (κ1) is 12.6. The van der Waals surface area contributed by atoms with E-state index < -0.39 is 0 Å². The second kappa shape index (κ2) is 5.29. The SMILES string of the molecule is O=C(c1ccccc1)c1ccccc1N1CCCC1=O. The van der Waals surface area contributed by atoms with Gasteiger partial charge in [-0.2, -0.15) is 0 Å². The van der Waals surface area contributed by atoms with Gasteiger partial charge in [-0.1, -0.05) is 42.5 Å². The van der Waals surface area contributed by atoms with Crippen molar-refractivity contribution in [1.29, 1.82) is 0 Å². The molecular formula is C17H15NO2. The van der Waals surface area contributed by atoms with E-state index in [9.17, 15) is 9.59 Å². The largest absolute Gasteiger partial charge is 0.312 e. The van der Waals surface area contributed by atoms with Gasteiger partial charge >= 0.3 is 0 Å². The van der Waals surface area contributed by atoms with Gasteiger partial charge in [-0.15, -0.1) is 0 Å². The van der Waals surface area contributed by atoms with Crippen molar-refractivity contribution in [1.82, 2.24) is 0 Å². The highest BCUT2D eigenvalue weighted by atomic mass is 16.2. The van der Waals surface area contributed by atoms with E-state index >= 15 is 0 Å². The smallest absolute Gasteiger partial charge is 0.227 e. The number of rotatable bonds is 3. The summed E-state index contributed by atoms with van der Waals surface area (Å²) in [6, 6.07) is 16.5. The minimum absolute atomic E-state index is 0.0408. The van der Waals surface area contributed by atoms with Crippen LogP contribution >= 0.6 is 0 Å². The summed E-state index contributed by atoms with van der Waals surface area (Å²) in [5, 5.41) is 0. The number of para-hydroxylation sites is 1. The van der Waals surface area contributed by atoms with Gasteiger partial charge in [0.25, 0.3) is 0 Å². The van der Waals surface area contributed by atoms with Gasteiger partial charge in [0.05, 0.1) is 5.69 Å². The predicted molar refractivity (Wildman–Crippen MR) is 77.9 cm³/mol. The Hall–Kier alpha value is -2.42. The van der Waals surface area contributed by atoms with E-state index in [1.807, 2.05) is 36.4 Å². The molecule has 0 spiro atoms. The van der Waals surface area contributed by atoms with Crippen LogP contribution < -0.4 is 4.90 Å². The Kier molecular flexibility index (Phi) is 3.33. The summed E-state index contributed by atoms with van der Waals surface area (Å²) in [5.74, 6) is 0.0548. The average Bonchev–Trinajstić information content (AvgIpc) is 2.93. The molecule has 3 heteroatoms. The first-order chi connectivity index (χ1) is 9.77. The van der Waals surface area contributed by atoms with Gasteiger partial charge in [0.15, 0.2) is 5.78 Å². The Morgan fingerprint density at radius 1 is 0.950 bits per heavy atom. The first-order valence-corrected chi connectivity index (χ1v) is 6.76. The molecule has 2 aromatic rings. The molecule has 1 aliphatic rings. The molecule has 100 valence electrons. The van der Waals surface area contributed by atoms with Crippen LogP contribution in [0.4, 0.5) is 5.69 Å². The van der Waals surface area contributed by atoms with Gasteiger partial charge in [0, 0.05) is 24.1 Å². The molecular weight excluding hydrogens is 250 g/mol. The number of hydrogen-bond acceptors (Lipinski definition) is 2. The van der Waals surface area contributed by atoms with Crippen molar-refractivity contribution in [2.45, 2.75) is 12.8 Å². The van der Waals surface area contributed by atoms with Crippen LogP contribution in [0.3, 0.4) is 0 Å². The molecule has 3 nitrogen and oxygen atoms in total. The lowest BCUT2D eigenvalue weighted by Gasteiger charge is -2.19. The zero-order valence-corrected chi connectivity index (χ0v) is 11.1. The second-order valence-electron chi connectivity index (χ2n) is 4.86. The fourth-order valence-electron chi connectivity index (χ4n) is 2.55. The van der Waals surface area contributed by atoms with Crippen molar-refractivity contribution in [3.63, 3.8) is 0 Å². The fraction of sp³-hybridized carbons (Fsp3) is 0.176. The second-order valence-corrected chi connectivity index (χ2v) is 4.86. The van der Waals surface area contributed by atoms with Crippen LogP contribution in [0, 0.1) is 0 Å². The van der Waals surface area contributed by atoms with Crippen LogP contribution in [-0.4, -0.2) is 18.2 Å². The highest BCUT2D eigenvalue weighted by molar-refractivity contribution is 6.14. The molecule has 0 N–H and O–H groups in total. The van der Waals surface area contributed by atoms with Crippen LogP contribution in [0.1, 0.15) is 28.8 Å². The van der Waals surface area contributed by atoms with E-state index in [4.69, 9.17) is 0 Å². The molecule has 0 atom stereocenters. The van der Waals surface area contributed by atoms with Crippen LogP contribution in [0.15, 0.2) is 54.6 Å². The number of carbonyl (C=O) groups excluding carboxylic acids is 2. The Balaban J connectivity index is 2.02. The van der Waals surface area contributed by atoms with Crippen LogP contribution in [-0.2, 0) is 4.79 Å². The molecule has 0 bridgehead atoms. The molecule has 0 saturated carbocycles. The Morgan fingerprint density at radius 3 is 2.35 bits per heavy atom. The summed E-state index contributed by atoms with van der Waals surface area (Å²) < 4.78 is 0. The number of hydrogen-bond donors (Lipinski definition) is 0. The molecule has 2 aromatic carbocycles. The van der Waals surface area contributed by atoms with E-state index in [0.29, 0.717) is 24.1 Å². The quantitative estimate of drug-likeness (QED) is 0.800. The minimum Gasteiger partial charge on any atom is -0.312 e. The Bertz CT molecular complexity index is 649. The van der Waals surface area contributed by atoms with Crippen LogP contribution in [0.2, 0.25) is 0 Å². The third-order valence-electron chi connectivity index (χ3n) is 3.55. The zero-order chi connectivity index (χ0) is 13.9. The third-order valence-corrected chi connectivity index (χ3v) is 3.55. The zero-order valence-electron chi connectivity index (χ0n) is 11.1. The molecule has 0 radical (unpaired) electrons. The van der Waals surface area contributed by atoms with E-state index in [2.05, 4.69) is 0 Å². The van der Waals surface area contributed by atoms with Crippen LogP contribution in [0.25, 0.3) is 0 Å².